The van der Waals surface area contributed by atoms with E-state index in [0.717, 1.165) is 6.42 Å². The predicted molar refractivity (Wildman–Crippen MR) is 93.9 cm³/mol. The first-order valence-corrected chi connectivity index (χ1v) is 9.84. The maximum absolute atomic E-state index is 13.0. The second-order valence-corrected chi connectivity index (χ2v) is 8.00. The number of benzene rings is 1. The summed E-state index contributed by atoms with van der Waals surface area (Å²) in [7, 11) is -3.91. The highest BCUT2D eigenvalue weighted by Crippen LogP contribution is 2.30. The summed E-state index contributed by atoms with van der Waals surface area (Å²) in [6, 6.07) is 3.25. The SMILES string of the molecule is CCOC(=O)C1CCCCN1S(=O)(=O)c1ccc(NC(C)=O)c(Cl)c1. The van der Waals surface area contributed by atoms with Gasteiger partial charge >= 0.3 is 5.97 Å². The Morgan fingerprint density at radius 1 is 1.36 bits per heavy atom. The number of hydrogen-bond donors (Lipinski definition) is 1. The van der Waals surface area contributed by atoms with E-state index in [1.807, 2.05) is 0 Å². The molecule has 1 unspecified atom stereocenters. The number of carbonyl (C=O) groups excluding carboxylic acids is 2. The zero-order chi connectivity index (χ0) is 18.6. The number of amides is 1. The van der Waals surface area contributed by atoms with E-state index in [4.69, 9.17) is 16.3 Å². The topological polar surface area (TPSA) is 92.8 Å². The molecule has 1 saturated heterocycles. The number of esters is 1. The van der Waals surface area contributed by atoms with Crippen LogP contribution >= 0.6 is 11.6 Å². The number of carbonyl (C=O) groups is 2. The standard InChI is InChI=1S/C16H21ClN2O5S/c1-3-24-16(21)15-6-4-5-9-19(15)25(22,23)12-7-8-14(13(17)10-12)18-11(2)20/h7-8,10,15H,3-6,9H2,1-2H3,(H,18,20). The minimum Gasteiger partial charge on any atom is -0.465 e. The highest BCUT2D eigenvalue weighted by atomic mass is 35.5. The number of piperidine rings is 1. The molecule has 1 aromatic carbocycles. The number of ether oxygens (including phenoxy) is 1. The number of hydrogen-bond acceptors (Lipinski definition) is 5. The van der Waals surface area contributed by atoms with Crippen molar-refractivity contribution in [1.29, 1.82) is 0 Å². The summed E-state index contributed by atoms with van der Waals surface area (Å²) in [4.78, 5) is 23.2. The predicted octanol–water partition coefficient (Wildman–Crippen LogP) is 2.40. The molecule has 9 heteroatoms. The van der Waals surface area contributed by atoms with Crippen molar-refractivity contribution in [3.8, 4) is 0 Å². The summed E-state index contributed by atoms with van der Waals surface area (Å²) in [5.41, 5.74) is 0.328. The van der Waals surface area contributed by atoms with Crippen LogP contribution in [0.25, 0.3) is 0 Å². The average molecular weight is 389 g/mol. The van der Waals surface area contributed by atoms with Gasteiger partial charge in [-0.15, -0.1) is 0 Å². The van der Waals surface area contributed by atoms with Crippen molar-refractivity contribution in [2.24, 2.45) is 0 Å². The first kappa shape index (κ1) is 19.7. The Bertz CT molecular complexity index is 766. The van der Waals surface area contributed by atoms with Crippen LogP contribution in [0.5, 0.6) is 0 Å². The van der Waals surface area contributed by atoms with Gasteiger partial charge in [-0.2, -0.15) is 4.31 Å². The zero-order valence-corrected chi connectivity index (χ0v) is 15.7. The fourth-order valence-corrected chi connectivity index (χ4v) is 4.72. The molecule has 2 rings (SSSR count). The fraction of sp³-hybridized carbons (Fsp3) is 0.500. The molecule has 1 heterocycles. The Morgan fingerprint density at radius 2 is 2.08 bits per heavy atom. The van der Waals surface area contributed by atoms with Crippen molar-refractivity contribution in [2.45, 2.75) is 44.0 Å². The molecule has 1 aromatic rings. The lowest BCUT2D eigenvalue weighted by Crippen LogP contribution is -2.48. The number of rotatable bonds is 5. The van der Waals surface area contributed by atoms with Gasteiger partial charge in [-0.1, -0.05) is 11.6 Å². The van der Waals surface area contributed by atoms with E-state index in [0.29, 0.717) is 18.5 Å². The maximum atomic E-state index is 13.0. The number of anilines is 1. The third-order valence-electron chi connectivity index (χ3n) is 3.87. The van der Waals surface area contributed by atoms with Gasteiger partial charge in [0.15, 0.2) is 0 Å². The molecule has 1 N–H and O–H groups in total. The Balaban J connectivity index is 2.34. The fourth-order valence-electron chi connectivity index (χ4n) is 2.75. The molecular weight excluding hydrogens is 368 g/mol. The molecule has 0 saturated carbocycles. The van der Waals surface area contributed by atoms with Gasteiger partial charge in [-0.25, -0.2) is 8.42 Å². The molecule has 0 aromatic heterocycles. The molecule has 138 valence electrons. The molecule has 0 radical (unpaired) electrons. The average Bonchev–Trinajstić information content (AvgIpc) is 2.56. The quantitative estimate of drug-likeness (QED) is 0.782. The Morgan fingerprint density at radius 3 is 2.68 bits per heavy atom. The van der Waals surface area contributed by atoms with Gasteiger partial charge in [0.25, 0.3) is 0 Å². The third-order valence-corrected chi connectivity index (χ3v) is 6.09. The molecule has 1 amide bonds. The molecule has 1 aliphatic heterocycles. The molecule has 0 aliphatic carbocycles. The van der Waals surface area contributed by atoms with Crippen LogP contribution in [0.3, 0.4) is 0 Å². The number of sulfonamides is 1. The van der Waals surface area contributed by atoms with Crippen LogP contribution in [-0.4, -0.2) is 43.8 Å². The lowest BCUT2D eigenvalue weighted by Gasteiger charge is -2.33. The summed E-state index contributed by atoms with van der Waals surface area (Å²) >= 11 is 6.08. The van der Waals surface area contributed by atoms with Crippen molar-refractivity contribution in [2.75, 3.05) is 18.5 Å². The van der Waals surface area contributed by atoms with Crippen LogP contribution in [0.1, 0.15) is 33.1 Å². The minimum atomic E-state index is -3.91. The Kier molecular flexibility index (Phi) is 6.42. The first-order chi connectivity index (χ1) is 11.8. The minimum absolute atomic E-state index is 0.0252. The first-order valence-electron chi connectivity index (χ1n) is 8.03. The Labute approximate surface area is 152 Å². The lowest BCUT2D eigenvalue weighted by molar-refractivity contribution is -0.148. The van der Waals surface area contributed by atoms with Gasteiger partial charge in [0, 0.05) is 13.5 Å². The van der Waals surface area contributed by atoms with Gasteiger partial charge in [-0.3, -0.25) is 9.59 Å². The summed E-state index contributed by atoms with van der Waals surface area (Å²) in [6.45, 7) is 3.45. The normalized spacial score (nSPS) is 18.6. The molecule has 0 spiro atoms. The van der Waals surface area contributed by atoms with Gasteiger partial charge in [0.2, 0.25) is 15.9 Å². The van der Waals surface area contributed by atoms with Crippen LogP contribution in [0, 0.1) is 0 Å². The van der Waals surface area contributed by atoms with E-state index >= 15 is 0 Å². The summed E-state index contributed by atoms with van der Waals surface area (Å²) in [5, 5.41) is 2.63. The van der Waals surface area contributed by atoms with Crippen molar-refractivity contribution in [3.63, 3.8) is 0 Å². The third kappa shape index (κ3) is 4.50. The van der Waals surface area contributed by atoms with Gasteiger partial charge in [0.05, 0.1) is 22.2 Å². The van der Waals surface area contributed by atoms with E-state index in [1.165, 1.54) is 29.4 Å². The number of halogens is 1. The summed E-state index contributed by atoms with van der Waals surface area (Å²) < 4.78 is 32.1. The van der Waals surface area contributed by atoms with Crippen molar-refractivity contribution in [1.82, 2.24) is 4.31 Å². The van der Waals surface area contributed by atoms with Gasteiger partial charge in [0.1, 0.15) is 6.04 Å². The second kappa shape index (κ2) is 8.16. The van der Waals surface area contributed by atoms with E-state index in [9.17, 15) is 18.0 Å². The monoisotopic (exact) mass is 388 g/mol. The van der Waals surface area contributed by atoms with E-state index in [2.05, 4.69) is 5.32 Å². The van der Waals surface area contributed by atoms with Crippen molar-refractivity contribution in [3.05, 3.63) is 23.2 Å². The zero-order valence-electron chi connectivity index (χ0n) is 14.1. The Hall–Kier alpha value is -1.64. The van der Waals surface area contributed by atoms with Crippen LogP contribution in [-0.2, 0) is 24.3 Å². The maximum Gasteiger partial charge on any atom is 0.324 e. The smallest absolute Gasteiger partial charge is 0.324 e. The molecule has 1 aliphatic rings. The molecule has 7 nitrogen and oxygen atoms in total. The van der Waals surface area contributed by atoms with E-state index in [1.54, 1.807) is 6.92 Å². The molecule has 0 bridgehead atoms. The number of nitrogens with one attached hydrogen (secondary N) is 1. The highest BCUT2D eigenvalue weighted by molar-refractivity contribution is 7.89. The molecule has 1 atom stereocenters. The molecular formula is C16H21ClN2O5S. The largest absolute Gasteiger partial charge is 0.465 e. The van der Waals surface area contributed by atoms with Crippen LogP contribution in [0.15, 0.2) is 23.1 Å². The van der Waals surface area contributed by atoms with E-state index in [-0.39, 0.29) is 29.0 Å². The lowest BCUT2D eigenvalue weighted by atomic mass is 10.1. The van der Waals surface area contributed by atoms with Crippen LogP contribution in [0.2, 0.25) is 5.02 Å². The van der Waals surface area contributed by atoms with Gasteiger partial charge < -0.3 is 10.1 Å². The molecule has 1 fully saturated rings. The van der Waals surface area contributed by atoms with E-state index < -0.39 is 22.0 Å². The molecule has 25 heavy (non-hydrogen) atoms. The highest BCUT2D eigenvalue weighted by Gasteiger charge is 2.38. The van der Waals surface area contributed by atoms with Crippen molar-refractivity contribution < 1.29 is 22.7 Å². The second-order valence-electron chi connectivity index (χ2n) is 5.70. The van der Waals surface area contributed by atoms with Crippen LogP contribution in [0.4, 0.5) is 5.69 Å². The summed E-state index contributed by atoms with van der Waals surface area (Å²) in [6.07, 6.45) is 1.86. The van der Waals surface area contributed by atoms with Crippen molar-refractivity contribution >= 4 is 39.2 Å². The van der Waals surface area contributed by atoms with Gasteiger partial charge in [-0.05, 0) is 44.4 Å². The summed E-state index contributed by atoms with van der Waals surface area (Å²) in [5.74, 6) is -0.845. The van der Waals surface area contributed by atoms with Crippen LogP contribution < -0.4 is 5.32 Å². The number of nitrogens with zero attached hydrogens (tertiary/aromatic N) is 1.